The molecule has 1 saturated heterocycles. The number of carbonyl (C=O) groups is 3. The van der Waals surface area contributed by atoms with Crippen LogP contribution >= 0.6 is 0 Å². The number of hydrogen-bond donors (Lipinski definition) is 0. The third kappa shape index (κ3) is 3.01. The van der Waals surface area contributed by atoms with Crippen LogP contribution in [0.5, 0.6) is 0 Å². The Labute approximate surface area is 88.9 Å². The quantitative estimate of drug-likeness (QED) is 0.389. The lowest BCUT2D eigenvalue weighted by molar-refractivity contribution is -0.127. The van der Waals surface area contributed by atoms with Crippen LogP contribution in [0.15, 0.2) is 11.6 Å². The molecule has 1 amide bonds. The van der Waals surface area contributed by atoms with E-state index in [1.165, 1.54) is 13.8 Å². The van der Waals surface area contributed by atoms with E-state index in [9.17, 15) is 14.4 Å². The molecule has 0 aromatic rings. The Kier molecular flexibility index (Phi) is 3.77. The molecule has 1 aliphatic heterocycles. The van der Waals surface area contributed by atoms with Crippen molar-refractivity contribution >= 4 is 17.5 Å². The van der Waals surface area contributed by atoms with Gasteiger partial charge in [0, 0.05) is 19.5 Å². The van der Waals surface area contributed by atoms with Crippen molar-refractivity contribution in [3.8, 4) is 0 Å². The van der Waals surface area contributed by atoms with Gasteiger partial charge in [-0.2, -0.15) is 0 Å². The first-order chi connectivity index (χ1) is 7.02. The summed E-state index contributed by atoms with van der Waals surface area (Å²) >= 11 is 0. The van der Waals surface area contributed by atoms with Crippen LogP contribution in [-0.4, -0.2) is 35.5 Å². The van der Waals surface area contributed by atoms with Gasteiger partial charge in [-0.05, 0) is 20.3 Å². The molecule has 4 nitrogen and oxygen atoms in total. The van der Waals surface area contributed by atoms with Crippen LogP contribution in [-0.2, 0) is 14.4 Å². The molecule has 1 rings (SSSR count). The SMILES string of the molecule is CC(=O)C(=CCN1CCCC1=O)C(C)=O. The van der Waals surface area contributed by atoms with E-state index < -0.39 is 0 Å². The molecule has 0 N–H and O–H groups in total. The molecule has 0 aromatic heterocycles. The minimum atomic E-state index is -0.242. The highest BCUT2D eigenvalue weighted by molar-refractivity contribution is 6.18. The van der Waals surface area contributed by atoms with Crippen molar-refractivity contribution in [2.45, 2.75) is 26.7 Å². The summed E-state index contributed by atoms with van der Waals surface area (Å²) in [5.74, 6) is -0.388. The number of allylic oxidation sites excluding steroid dienone is 1. The van der Waals surface area contributed by atoms with Crippen molar-refractivity contribution in [1.29, 1.82) is 0 Å². The predicted octanol–water partition coefficient (Wildman–Crippen LogP) is 0.713. The number of Topliss-reactive ketones (excluding diaryl/α,β-unsaturated/α-hetero) is 2. The van der Waals surface area contributed by atoms with E-state index in [-0.39, 0.29) is 23.0 Å². The Bertz CT molecular complexity index is 315. The van der Waals surface area contributed by atoms with Crippen LogP contribution in [0.25, 0.3) is 0 Å². The van der Waals surface area contributed by atoms with E-state index in [0.29, 0.717) is 13.0 Å². The van der Waals surface area contributed by atoms with Crippen molar-refractivity contribution < 1.29 is 14.4 Å². The molecule has 0 spiro atoms. The van der Waals surface area contributed by atoms with Crippen molar-refractivity contribution in [2.75, 3.05) is 13.1 Å². The van der Waals surface area contributed by atoms with Crippen molar-refractivity contribution in [3.05, 3.63) is 11.6 Å². The molecule has 0 aliphatic carbocycles. The maximum absolute atomic E-state index is 11.3. The highest BCUT2D eigenvalue weighted by atomic mass is 16.2. The molecule has 15 heavy (non-hydrogen) atoms. The largest absolute Gasteiger partial charge is 0.339 e. The summed E-state index contributed by atoms with van der Waals surface area (Å²) in [4.78, 5) is 35.1. The van der Waals surface area contributed by atoms with E-state index in [0.717, 1.165) is 13.0 Å². The summed E-state index contributed by atoms with van der Waals surface area (Å²) < 4.78 is 0. The highest BCUT2D eigenvalue weighted by Crippen LogP contribution is 2.10. The van der Waals surface area contributed by atoms with E-state index in [2.05, 4.69) is 0 Å². The smallest absolute Gasteiger partial charge is 0.222 e. The first kappa shape index (κ1) is 11.6. The van der Waals surface area contributed by atoms with Crippen LogP contribution in [0.3, 0.4) is 0 Å². The minimum absolute atomic E-state index is 0.0951. The van der Waals surface area contributed by atoms with E-state index >= 15 is 0 Å². The molecule has 0 unspecified atom stereocenters. The number of amides is 1. The second-order valence-electron chi connectivity index (χ2n) is 3.67. The van der Waals surface area contributed by atoms with Crippen LogP contribution in [0.4, 0.5) is 0 Å². The van der Waals surface area contributed by atoms with E-state index in [1.54, 1.807) is 11.0 Å². The summed E-state index contributed by atoms with van der Waals surface area (Å²) in [7, 11) is 0. The Morgan fingerprint density at radius 3 is 2.33 bits per heavy atom. The number of nitrogens with zero attached hydrogens (tertiary/aromatic N) is 1. The van der Waals surface area contributed by atoms with Gasteiger partial charge in [0.1, 0.15) is 0 Å². The van der Waals surface area contributed by atoms with Gasteiger partial charge >= 0.3 is 0 Å². The fraction of sp³-hybridized carbons (Fsp3) is 0.545. The highest BCUT2D eigenvalue weighted by Gasteiger charge is 2.19. The van der Waals surface area contributed by atoms with Crippen LogP contribution in [0.1, 0.15) is 26.7 Å². The number of ketones is 2. The summed E-state index contributed by atoms with van der Waals surface area (Å²) in [6.45, 7) is 3.81. The van der Waals surface area contributed by atoms with Crippen LogP contribution < -0.4 is 0 Å². The van der Waals surface area contributed by atoms with Gasteiger partial charge in [0.05, 0.1) is 5.57 Å². The Hall–Kier alpha value is -1.45. The molecule has 4 heteroatoms. The monoisotopic (exact) mass is 209 g/mol. The standard InChI is InChI=1S/C11H15NO3/c1-8(13)10(9(2)14)5-7-12-6-3-4-11(12)15/h5H,3-4,6-7H2,1-2H3. The second kappa shape index (κ2) is 4.87. The molecule has 82 valence electrons. The zero-order valence-corrected chi connectivity index (χ0v) is 9.08. The molecule has 0 aromatic carbocycles. The summed E-state index contributed by atoms with van der Waals surface area (Å²) in [5, 5.41) is 0. The van der Waals surface area contributed by atoms with Crippen LogP contribution in [0, 0.1) is 0 Å². The van der Waals surface area contributed by atoms with Gasteiger partial charge in [0.25, 0.3) is 0 Å². The Morgan fingerprint density at radius 2 is 1.93 bits per heavy atom. The second-order valence-corrected chi connectivity index (χ2v) is 3.67. The van der Waals surface area contributed by atoms with Gasteiger partial charge < -0.3 is 4.90 Å². The molecule has 0 saturated carbocycles. The first-order valence-electron chi connectivity index (χ1n) is 5.02. The van der Waals surface area contributed by atoms with Gasteiger partial charge in [-0.1, -0.05) is 6.08 Å². The number of likely N-dealkylation sites (tertiary alicyclic amines) is 1. The van der Waals surface area contributed by atoms with Gasteiger partial charge in [0.2, 0.25) is 5.91 Å². The van der Waals surface area contributed by atoms with Crippen LogP contribution in [0.2, 0.25) is 0 Å². The number of hydrogen-bond acceptors (Lipinski definition) is 3. The van der Waals surface area contributed by atoms with Crippen molar-refractivity contribution in [3.63, 3.8) is 0 Å². The maximum atomic E-state index is 11.3. The third-order valence-electron chi connectivity index (χ3n) is 2.45. The predicted molar refractivity (Wildman–Crippen MR) is 55.3 cm³/mol. The molecule has 1 aliphatic rings. The lowest BCUT2D eigenvalue weighted by Gasteiger charge is -2.12. The molecule has 0 atom stereocenters. The fourth-order valence-electron chi connectivity index (χ4n) is 1.63. The Morgan fingerprint density at radius 1 is 1.33 bits per heavy atom. The normalized spacial score (nSPS) is 15.3. The topological polar surface area (TPSA) is 54.5 Å². The molecule has 0 radical (unpaired) electrons. The Balaban J connectivity index is 2.65. The van der Waals surface area contributed by atoms with Crippen molar-refractivity contribution in [2.24, 2.45) is 0 Å². The zero-order valence-electron chi connectivity index (χ0n) is 9.08. The molecule has 0 bridgehead atoms. The first-order valence-corrected chi connectivity index (χ1v) is 5.02. The molecular weight excluding hydrogens is 194 g/mol. The summed E-state index contributed by atoms with van der Waals surface area (Å²) in [6.07, 6.45) is 2.99. The third-order valence-corrected chi connectivity index (χ3v) is 2.45. The summed E-state index contributed by atoms with van der Waals surface area (Å²) in [5.41, 5.74) is 0.190. The van der Waals surface area contributed by atoms with Gasteiger partial charge in [-0.15, -0.1) is 0 Å². The van der Waals surface area contributed by atoms with Gasteiger partial charge in [-0.25, -0.2) is 0 Å². The van der Waals surface area contributed by atoms with Gasteiger partial charge in [0.15, 0.2) is 11.6 Å². The molecule has 1 heterocycles. The number of rotatable bonds is 4. The lowest BCUT2D eigenvalue weighted by Crippen LogP contribution is -2.25. The molecular formula is C11H15NO3. The van der Waals surface area contributed by atoms with Crippen molar-refractivity contribution in [1.82, 2.24) is 4.90 Å². The summed E-state index contributed by atoms with van der Waals surface area (Å²) in [6, 6.07) is 0. The average Bonchev–Trinajstić information content (AvgIpc) is 2.51. The minimum Gasteiger partial charge on any atom is -0.339 e. The van der Waals surface area contributed by atoms with Gasteiger partial charge in [-0.3, -0.25) is 14.4 Å². The lowest BCUT2D eigenvalue weighted by atomic mass is 10.1. The fourth-order valence-corrected chi connectivity index (χ4v) is 1.63. The average molecular weight is 209 g/mol. The molecule has 1 fully saturated rings. The zero-order chi connectivity index (χ0) is 11.4. The maximum Gasteiger partial charge on any atom is 0.222 e. The van der Waals surface area contributed by atoms with E-state index in [1.807, 2.05) is 0 Å². The number of carbonyl (C=O) groups excluding carboxylic acids is 3. The van der Waals surface area contributed by atoms with E-state index in [4.69, 9.17) is 0 Å².